The van der Waals surface area contributed by atoms with E-state index >= 15 is 0 Å². The largest absolute Gasteiger partial charge is 0.507 e. The lowest BCUT2D eigenvalue weighted by Crippen LogP contribution is -2.29. The van der Waals surface area contributed by atoms with Gasteiger partial charge in [0.25, 0.3) is 11.7 Å². The van der Waals surface area contributed by atoms with Gasteiger partial charge in [-0.3, -0.25) is 19.5 Å². The molecule has 8 heteroatoms. The maximum Gasteiger partial charge on any atom is 0.300 e. The van der Waals surface area contributed by atoms with Crippen LogP contribution < -0.4 is 9.64 Å². The van der Waals surface area contributed by atoms with Crippen molar-refractivity contribution < 1.29 is 24.5 Å². The summed E-state index contributed by atoms with van der Waals surface area (Å²) in [7, 11) is 1.43. The molecule has 1 aliphatic heterocycles. The molecule has 1 unspecified atom stereocenters. The minimum Gasteiger partial charge on any atom is -0.507 e. The van der Waals surface area contributed by atoms with Crippen molar-refractivity contribution in [2.75, 3.05) is 12.0 Å². The predicted molar refractivity (Wildman–Crippen MR) is 120 cm³/mol. The fraction of sp³-hybridized carbons (Fsp3) is 0.125. The van der Waals surface area contributed by atoms with Gasteiger partial charge in [-0.25, -0.2) is 0 Å². The number of Topliss-reactive ketones (excluding diaryl/α,β-unsaturated/α-hetero) is 1. The average Bonchev–Trinajstić information content (AvgIpc) is 3.06. The number of hydrogen-bond acceptors (Lipinski definition) is 6. The summed E-state index contributed by atoms with van der Waals surface area (Å²) in [6.45, 7) is 1.80. The van der Waals surface area contributed by atoms with E-state index in [1.807, 2.05) is 0 Å². The van der Waals surface area contributed by atoms with Crippen LogP contribution in [0, 0.1) is 6.92 Å². The molecule has 1 fully saturated rings. The Balaban J connectivity index is 1.97. The summed E-state index contributed by atoms with van der Waals surface area (Å²) in [6, 6.07) is 11.6. The summed E-state index contributed by atoms with van der Waals surface area (Å²) in [5, 5.41) is 21.9. The molecule has 1 aromatic heterocycles. The van der Waals surface area contributed by atoms with Gasteiger partial charge in [-0.1, -0.05) is 23.7 Å². The SMILES string of the molecule is COc1cc(/C(O)=C2/C(=O)C(=O)N(c3cc(C)ccc3O)C2c2cccnc2)ccc1Cl. The van der Waals surface area contributed by atoms with Crippen LogP contribution in [0.5, 0.6) is 11.5 Å². The number of methoxy groups -OCH3 is 1. The molecule has 1 amide bonds. The van der Waals surface area contributed by atoms with Crippen LogP contribution in [-0.4, -0.2) is 34.0 Å². The molecule has 4 rings (SSSR count). The van der Waals surface area contributed by atoms with Crippen LogP contribution in [0.1, 0.15) is 22.7 Å². The number of phenolic OH excluding ortho intramolecular Hbond substituents is 1. The monoisotopic (exact) mass is 450 g/mol. The zero-order valence-electron chi connectivity index (χ0n) is 17.2. The Bertz CT molecular complexity index is 1260. The van der Waals surface area contributed by atoms with Gasteiger partial charge in [-0.15, -0.1) is 0 Å². The van der Waals surface area contributed by atoms with E-state index in [4.69, 9.17) is 16.3 Å². The fourth-order valence-electron chi connectivity index (χ4n) is 3.72. The number of aliphatic hydroxyl groups excluding tert-OH is 1. The van der Waals surface area contributed by atoms with E-state index < -0.39 is 17.7 Å². The van der Waals surface area contributed by atoms with Crippen molar-refractivity contribution in [2.24, 2.45) is 0 Å². The minimum atomic E-state index is -1.00. The Labute approximate surface area is 189 Å². The minimum absolute atomic E-state index is 0.131. The molecular formula is C24H19ClN2O5. The molecule has 0 bridgehead atoms. The number of aryl methyl sites for hydroxylation is 1. The van der Waals surface area contributed by atoms with Crippen molar-refractivity contribution in [1.82, 2.24) is 4.98 Å². The normalized spacial score (nSPS) is 17.6. The number of carbonyl (C=O) groups is 2. The van der Waals surface area contributed by atoms with E-state index in [-0.39, 0.29) is 28.3 Å². The van der Waals surface area contributed by atoms with E-state index in [1.165, 1.54) is 42.5 Å². The number of amides is 1. The van der Waals surface area contributed by atoms with Crippen LogP contribution in [0.15, 0.2) is 66.5 Å². The Morgan fingerprint density at radius 2 is 1.94 bits per heavy atom. The van der Waals surface area contributed by atoms with E-state index in [0.29, 0.717) is 16.3 Å². The van der Waals surface area contributed by atoms with Crippen LogP contribution in [0.4, 0.5) is 5.69 Å². The third-order valence-electron chi connectivity index (χ3n) is 5.26. The molecule has 1 aliphatic rings. The van der Waals surface area contributed by atoms with Crippen molar-refractivity contribution in [3.8, 4) is 11.5 Å². The highest BCUT2D eigenvalue weighted by Gasteiger charge is 2.47. The number of halogens is 1. The number of anilines is 1. The lowest BCUT2D eigenvalue weighted by atomic mass is 9.96. The summed E-state index contributed by atoms with van der Waals surface area (Å²) >= 11 is 6.08. The molecule has 32 heavy (non-hydrogen) atoms. The smallest absolute Gasteiger partial charge is 0.300 e. The zero-order valence-corrected chi connectivity index (χ0v) is 18.0. The Morgan fingerprint density at radius 1 is 1.16 bits per heavy atom. The zero-order chi connectivity index (χ0) is 23.0. The number of carbonyl (C=O) groups excluding carboxylic acids is 2. The van der Waals surface area contributed by atoms with Gasteiger partial charge >= 0.3 is 0 Å². The maximum absolute atomic E-state index is 13.1. The van der Waals surface area contributed by atoms with Crippen molar-refractivity contribution in [3.05, 3.63) is 88.2 Å². The molecule has 7 nitrogen and oxygen atoms in total. The van der Waals surface area contributed by atoms with Gasteiger partial charge in [0.05, 0.1) is 29.4 Å². The molecule has 0 saturated carbocycles. The quantitative estimate of drug-likeness (QED) is 0.347. The van der Waals surface area contributed by atoms with Gasteiger partial charge in [-0.05, 0) is 54.4 Å². The van der Waals surface area contributed by atoms with Crippen LogP contribution in [0.3, 0.4) is 0 Å². The number of aromatic hydroxyl groups is 1. The lowest BCUT2D eigenvalue weighted by molar-refractivity contribution is -0.132. The second-order valence-corrected chi connectivity index (χ2v) is 7.70. The molecule has 162 valence electrons. The average molecular weight is 451 g/mol. The highest BCUT2D eigenvalue weighted by molar-refractivity contribution is 6.52. The molecule has 2 heterocycles. The Kier molecular flexibility index (Phi) is 5.59. The summed E-state index contributed by atoms with van der Waals surface area (Å²) in [5.41, 5.74) is 1.57. The molecule has 2 aromatic carbocycles. The third kappa shape index (κ3) is 3.56. The number of ether oxygens (including phenoxy) is 1. The number of aromatic nitrogens is 1. The fourth-order valence-corrected chi connectivity index (χ4v) is 3.92. The molecule has 0 aliphatic carbocycles. The number of hydrogen-bond donors (Lipinski definition) is 2. The van der Waals surface area contributed by atoms with Crippen LogP contribution in [-0.2, 0) is 9.59 Å². The number of pyridine rings is 1. The highest BCUT2D eigenvalue weighted by atomic mass is 35.5. The van der Waals surface area contributed by atoms with E-state index in [2.05, 4.69) is 4.98 Å². The number of aliphatic hydroxyl groups is 1. The second kappa shape index (κ2) is 8.36. The van der Waals surface area contributed by atoms with Gasteiger partial charge < -0.3 is 14.9 Å². The molecule has 1 saturated heterocycles. The van der Waals surface area contributed by atoms with E-state index in [0.717, 1.165) is 5.56 Å². The van der Waals surface area contributed by atoms with Gasteiger partial charge in [0.15, 0.2) is 0 Å². The predicted octanol–water partition coefficient (Wildman–Crippen LogP) is 4.38. The summed E-state index contributed by atoms with van der Waals surface area (Å²) in [5.74, 6) is -2.01. The van der Waals surface area contributed by atoms with Crippen LogP contribution >= 0.6 is 11.6 Å². The molecule has 3 aromatic rings. The standard InChI is InChI=1S/C24H19ClN2O5/c1-13-5-8-18(28)17(10-13)27-21(15-4-3-9-26-12-15)20(23(30)24(27)31)22(29)14-6-7-16(25)19(11-14)32-2/h3-12,21,28-29H,1-2H3/b22-20-. The van der Waals surface area contributed by atoms with E-state index in [9.17, 15) is 19.8 Å². The summed E-state index contributed by atoms with van der Waals surface area (Å²) in [6.07, 6.45) is 3.07. The van der Waals surface area contributed by atoms with Crippen LogP contribution in [0.25, 0.3) is 5.76 Å². The van der Waals surface area contributed by atoms with Crippen molar-refractivity contribution in [3.63, 3.8) is 0 Å². The summed E-state index contributed by atoms with van der Waals surface area (Å²) < 4.78 is 5.21. The summed E-state index contributed by atoms with van der Waals surface area (Å²) in [4.78, 5) is 31.5. The van der Waals surface area contributed by atoms with Crippen molar-refractivity contribution >= 4 is 34.7 Å². The first-order valence-corrected chi connectivity index (χ1v) is 10.1. The Morgan fingerprint density at radius 3 is 2.62 bits per heavy atom. The molecular weight excluding hydrogens is 432 g/mol. The number of nitrogens with zero attached hydrogens (tertiary/aromatic N) is 2. The maximum atomic E-state index is 13.1. The number of phenols is 1. The van der Waals surface area contributed by atoms with Gasteiger partial charge in [0.2, 0.25) is 0 Å². The molecule has 1 atom stereocenters. The van der Waals surface area contributed by atoms with Gasteiger partial charge in [-0.2, -0.15) is 0 Å². The third-order valence-corrected chi connectivity index (χ3v) is 5.57. The first kappa shape index (κ1) is 21.4. The second-order valence-electron chi connectivity index (χ2n) is 7.30. The van der Waals surface area contributed by atoms with Crippen LogP contribution in [0.2, 0.25) is 5.02 Å². The highest BCUT2D eigenvalue weighted by Crippen LogP contribution is 2.45. The van der Waals surface area contributed by atoms with E-state index in [1.54, 1.807) is 37.4 Å². The number of ketones is 1. The molecule has 0 radical (unpaired) electrons. The number of benzene rings is 2. The first-order valence-electron chi connectivity index (χ1n) is 9.68. The molecule has 0 spiro atoms. The topological polar surface area (TPSA) is 100.0 Å². The van der Waals surface area contributed by atoms with Crippen molar-refractivity contribution in [1.29, 1.82) is 0 Å². The van der Waals surface area contributed by atoms with Gasteiger partial charge in [0, 0.05) is 18.0 Å². The van der Waals surface area contributed by atoms with Crippen molar-refractivity contribution in [2.45, 2.75) is 13.0 Å². The molecule has 2 N–H and O–H groups in total. The first-order chi connectivity index (χ1) is 15.3. The van der Waals surface area contributed by atoms with Gasteiger partial charge in [0.1, 0.15) is 17.3 Å². The number of rotatable bonds is 4. The Hall–Kier alpha value is -3.84. The lowest BCUT2D eigenvalue weighted by Gasteiger charge is -2.26.